The molecule has 1 aliphatic rings. The number of piperidine rings is 1. The maximum atomic E-state index is 10.9. The molecule has 23 heavy (non-hydrogen) atoms. The van der Waals surface area contributed by atoms with E-state index in [2.05, 4.69) is 10.2 Å². The van der Waals surface area contributed by atoms with E-state index in [1.165, 1.54) is 0 Å². The third kappa shape index (κ3) is 6.17. The van der Waals surface area contributed by atoms with Gasteiger partial charge in [-0.2, -0.15) is 0 Å². The molecule has 0 radical (unpaired) electrons. The zero-order chi connectivity index (χ0) is 16.5. The van der Waals surface area contributed by atoms with E-state index in [1.807, 2.05) is 24.3 Å². The largest absolute Gasteiger partial charge is 0.494 e. The van der Waals surface area contributed by atoms with Gasteiger partial charge in [-0.05, 0) is 43.4 Å². The van der Waals surface area contributed by atoms with E-state index in [1.54, 1.807) is 0 Å². The van der Waals surface area contributed by atoms with Gasteiger partial charge < -0.3 is 20.3 Å². The fraction of sp³-hybridized carbons (Fsp3) is 0.588. The Labute approximate surface area is 137 Å². The Bertz CT molecular complexity index is 495. The summed E-state index contributed by atoms with van der Waals surface area (Å²) < 4.78 is 5.68. The SMILES string of the molecule is O=C(CO)NCCCOc1cccc(CN2CCCCC2O)c1. The van der Waals surface area contributed by atoms with Gasteiger partial charge in [0.05, 0.1) is 6.61 Å². The number of ether oxygens (including phenoxy) is 1. The molecule has 1 atom stereocenters. The van der Waals surface area contributed by atoms with Gasteiger partial charge in [0.15, 0.2) is 0 Å². The van der Waals surface area contributed by atoms with E-state index < -0.39 is 6.61 Å². The number of likely N-dealkylation sites (tertiary alicyclic amines) is 1. The van der Waals surface area contributed by atoms with Crippen LogP contribution in [-0.2, 0) is 11.3 Å². The molecule has 1 aromatic carbocycles. The fourth-order valence-corrected chi connectivity index (χ4v) is 2.67. The molecule has 1 fully saturated rings. The molecule has 128 valence electrons. The first kappa shape index (κ1) is 17.7. The number of aliphatic hydroxyl groups excluding tert-OH is 2. The molecule has 6 heteroatoms. The van der Waals surface area contributed by atoms with Crippen molar-refractivity contribution < 1.29 is 19.7 Å². The molecule has 1 heterocycles. The topological polar surface area (TPSA) is 82.0 Å². The Morgan fingerprint density at radius 1 is 1.39 bits per heavy atom. The third-order valence-electron chi connectivity index (χ3n) is 3.92. The van der Waals surface area contributed by atoms with Gasteiger partial charge in [0.1, 0.15) is 18.6 Å². The first-order chi connectivity index (χ1) is 11.2. The van der Waals surface area contributed by atoms with Crippen molar-refractivity contribution in [1.82, 2.24) is 10.2 Å². The van der Waals surface area contributed by atoms with Crippen molar-refractivity contribution in [1.29, 1.82) is 0 Å². The van der Waals surface area contributed by atoms with Gasteiger partial charge in [0, 0.05) is 19.6 Å². The molecule has 1 aromatic rings. The van der Waals surface area contributed by atoms with Gasteiger partial charge in [-0.25, -0.2) is 0 Å². The lowest BCUT2D eigenvalue weighted by Crippen LogP contribution is -2.38. The van der Waals surface area contributed by atoms with Crippen LogP contribution in [0.25, 0.3) is 0 Å². The maximum absolute atomic E-state index is 10.9. The molecular weight excluding hydrogens is 296 g/mol. The molecule has 0 bridgehead atoms. The highest BCUT2D eigenvalue weighted by atomic mass is 16.5. The van der Waals surface area contributed by atoms with Crippen molar-refractivity contribution in [3.8, 4) is 5.75 Å². The Kier molecular flexibility index (Phi) is 7.32. The van der Waals surface area contributed by atoms with Crippen LogP contribution in [0.2, 0.25) is 0 Å². The second-order valence-corrected chi connectivity index (χ2v) is 5.80. The molecule has 1 amide bonds. The van der Waals surface area contributed by atoms with Crippen LogP contribution in [0.3, 0.4) is 0 Å². The van der Waals surface area contributed by atoms with Crippen molar-refractivity contribution in [2.24, 2.45) is 0 Å². The predicted molar refractivity (Wildman–Crippen MR) is 86.9 cm³/mol. The van der Waals surface area contributed by atoms with Gasteiger partial charge in [0.2, 0.25) is 5.91 Å². The quantitative estimate of drug-likeness (QED) is 0.619. The molecule has 6 nitrogen and oxygen atoms in total. The van der Waals surface area contributed by atoms with Gasteiger partial charge >= 0.3 is 0 Å². The zero-order valence-electron chi connectivity index (χ0n) is 13.4. The minimum atomic E-state index is -0.481. The summed E-state index contributed by atoms with van der Waals surface area (Å²) in [5, 5.41) is 21.2. The van der Waals surface area contributed by atoms with Crippen molar-refractivity contribution in [2.75, 3.05) is 26.3 Å². The lowest BCUT2D eigenvalue weighted by molar-refractivity contribution is -0.123. The number of amides is 1. The summed E-state index contributed by atoms with van der Waals surface area (Å²) in [6, 6.07) is 7.89. The van der Waals surface area contributed by atoms with Gasteiger partial charge in [0.25, 0.3) is 0 Å². The van der Waals surface area contributed by atoms with Crippen molar-refractivity contribution in [3.05, 3.63) is 29.8 Å². The first-order valence-electron chi connectivity index (χ1n) is 8.20. The molecule has 1 aliphatic heterocycles. The fourth-order valence-electron chi connectivity index (χ4n) is 2.67. The zero-order valence-corrected chi connectivity index (χ0v) is 13.4. The molecule has 1 unspecified atom stereocenters. The number of aliphatic hydroxyl groups is 2. The van der Waals surface area contributed by atoms with Gasteiger partial charge in [-0.3, -0.25) is 9.69 Å². The number of carbonyl (C=O) groups is 1. The highest BCUT2D eigenvalue weighted by molar-refractivity contribution is 5.76. The summed E-state index contributed by atoms with van der Waals surface area (Å²) >= 11 is 0. The number of rotatable bonds is 8. The second-order valence-electron chi connectivity index (χ2n) is 5.80. The normalized spacial score (nSPS) is 18.6. The van der Waals surface area contributed by atoms with Crippen LogP contribution in [0, 0.1) is 0 Å². The standard InChI is InChI=1S/C17H26N2O4/c20-13-16(21)18-8-4-10-23-15-6-3-5-14(11-15)12-19-9-2-1-7-17(19)22/h3,5-6,11,17,20,22H,1-2,4,7-10,12-13H2,(H,18,21). The number of hydrogen-bond donors (Lipinski definition) is 3. The van der Waals surface area contributed by atoms with Crippen LogP contribution in [0.1, 0.15) is 31.2 Å². The second kappa shape index (κ2) is 9.50. The summed E-state index contributed by atoms with van der Waals surface area (Å²) in [4.78, 5) is 13.0. The van der Waals surface area contributed by atoms with E-state index in [-0.39, 0.29) is 12.1 Å². The average molecular weight is 322 g/mol. The Balaban J connectivity index is 1.74. The van der Waals surface area contributed by atoms with Crippen LogP contribution >= 0.6 is 0 Å². The Morgan fingerprint density at radius 3 is 3.04 bits per heavy atom. The van der Waals surface area contributed by atoms with Crippen molar-refractivity contribution in [2.45, 2.75) is 38.5 Å². The predicted octanol–water partition coefficient (Wildman–Crippen LogP) is 0.868. The summed E-state index contributed by atoms with van der Waals surface area (Å²) in [7, 11) is 0. The lowest BCUT2D eigenvalue weighted by atomic mass is 10.1. The van der Waals surface area contributed by atoms with Crippen LogP contribution in [0.15, 0.2) is 24.3 Å². The van der Waals surface area contributed by atoms with Crippen LogP contribution in [0.4, 0.5) is 0 Å². The molecule has 3 N–H and O–H groups in total. The van der Waals surface area contributed by atoms with E-state index in [4.69, 9.17) is 9.84 Å². The number of carbonyl (C=O) groups excluding carboxylic acids is 1. The summed E-state index contributed by atoms with van der Waals surface area (Å²) in [6.45, 7) is 2.16. The van der Waals surface area contributed by atoms with Crippen LogP contribution in [0.5, 0.6) is 5.75 Å². The van der Waals surface area contributed by atoms with E-state index >= 15 is 0 Å². The number of benzene rings is 1. The molecular formula is C17H26N2O4. The minimum Gasteiger partial charge on any atom is -0.494 e. The molecule has 2 rings (SSSR count). The maximum Gasteiger partial charge on any atom is 0.245 e. The number of hydrogen-bond acceptors (Lipinski definition) is 5. The minimum absolute atomic E-state index is 0.344. The summed E-state index contributed by atoms with van der Waals surface area (Å²) in [5.74, 6) is 0.426. The molecule has 0 spiro atoms. The van der Waals surface area contributed by atoms with E-state index in [9.17, 15) is 9.90 Å². The lowest BCUT2D eigenvalue weighted by Gasteiger charge is -2.32. The molecule has 0 aliphatic carbocycles. The molecule has 0 aromatic heterocycles. The highest BCUT2D eigenvalue weighted by Gasteiger charge is 2.19. The van der Waals surface area contributed by atoms with E-state index in [0.717, 1.165) is 43.7 Å². The average Bonchev–Trinajstić information content (AvgIpc) is 2.57. The monoisotopic (exact) mass is 322 g/mol. The van der Waals surface area contributed by atoms with Crippen molar-refractivity contribution in [3.63, 3.8) is 0 Å². The van der Waals surface area contributed by atoms with Crippen LogP contribution in [-0.4, -0.2) is 53.6 Å². The Hall–Kier alpha value is -1.63. The van der Waals surface area contributed by atoms with Crippen molar-refractivity contribution >= 4 is 5.91 Å². The number of nitrogens with zero attached hydrogens (tertiary/aromatic N) is 1. The summed E-state index contributed by atoms with van der Waals surface area (Å²) in [6.07, 6.45) is 3.40. The van der Waals surface area contributed by atoms with Gasteiger partial charge in [-0.1, -0.05) is 12.1 Å². The smallest absolute Gasteiger partial charge is 0.245 e. The van der Waals surface area contributed by atoms with Crippen LogP contribution < -0.4 is 10.1 Å². The Morgan fingerprint density at radius 2 is 2.26 bits per heavy atom. The molecule has 1 saturated heterocycles. The van der Waals surface area contributed by atoms with Gasteiger partial charge in [-0.15, -0.1) is 0 Å². The molecule has 0 saturated carbocycles. The van der Waals surface area contributed by atoms with E-state index in [0.29, 0.717) is 19.6 Å². The third-order valence-corrected chi connectivity index (χ3v) is 3.92. The number of nitrogens with one attached hydrogen (secondary N) is 1. The summed E-state index contributed by atoms with van der Waals surface area (Å²) in [5.41, 5.74) is 1.12. The first-order valence-corrected chi connectivity index (χ1v) is 8.20. The highest BCUT2D eigenvalue weighted by Crippen LogP contribution is 2.20.